The molecule has 12 heavy (non-hydrogen) atoms. The van der Waals surface area contributed by atoms with Gasteiger partial charge in [-0.15, -0.1) is 0 Å². The van der Waals surface area contributed by atoms with Crippen molar-refractivity contribution in [3.63, 3.8) is 0 Å². The van der Waals surface area contributed by atoms with Gasteiger partial charge in [0.25, 0.3) is 0 Å². The van der Waals surface area contributed by atoms with E-state index in [1.54, 1.807) is 0 Å². The second-order valence-electron chi connectivity index (χ2n) is 2.61. The van der Waals surface area contributed by atoms with Gasteiger partial charge in [0, 0.05) is 0 Å². The van der Waals surface area contributed by atoms with Crippen molar-refractivity contribution >= 4 is 12.8 Å². The van der Waals surface area contributed by atoms with Gasteiger partial charge in [-0.05, 0) is 19.6 Å². The van der Waals surface area contributed by atoms with Crippen LogP contribution in [0.1, 0.15) is 12.8 Å². The molecule has 0 aromatic rings. The number of amides is 1. The quantitative estimate of drug-likeness (QED) is 0.607. The molecular weight excluding hydrogens is 160 g/mol. The van der Waals surface area contributed by atoms with Crippen LogP contribution in [0.15, 0.2) is 4.99 Å². The van der Waals surface area contributed by atoms with Crippen molar-refractivity contribution < 1.29 is 14.3 Å². The first-order chi connectivity index (χ1) is 5.72. The average molecular weight is 172 g/mol. The SMILES string of the molecule is C=NC(=O)OCC1CCC(N)O1. The first kappa shape index (κ1) is 9.15. The summed E-state index contributed by atoms with van der Waals surface area (Å²) in [6.45, 7) is 3.24. The second kappa shape index (κ2) is 4.18. The van der Waals surface area contributed by atoms with Gasteiger partial charge in [-0.1, -0.05) is 0 Å². The molecule has 1 aliphatic rings. The van der Waals surface area contributed by atoms with Crippen LogP contribution < -0.4 is 5.73 Å². The molecule has 0 aliphatic carbocycles. The van der Waals surface area contributed by atoms with E-state index >= 15 is 0 Å². The molecule has 1 amide bonds. The van der Waals surface area contributed by atoms with E-state index in [-0.39, 0.29) is 18.9 Å². The Hall–Kier alpha value is -0.940. The van der Waals surface area contributed by atoms with Crippen molar-refractivity contribution in [1.29, 1.82) is 0 Å². The number of nitrogens with zero attached hydrogens (tertiary/aromatic N) is 1. The van der Waals surface area contributed by atoms with Crippen molar-refractivity contribution in [3.05, 3.63) is 0 Å². The van der Waals surface area contributed by atoms with Gasteiger partial charge in [-0.3, -0.25) is 0 Å². The average Bonchev–Trinajstić information content (AvgIpc) is 2.47. The predicted molar refractivity (Wildman–Crippen MR) is 43.0 cm³/mol. The van der Waals surface area contributed by atoms with Crippen molar-refractivity contribution in [3.8, 4) is 0 Å². The number of carbonyl (C=O) groups is 1. The fourth-order valence-electron chi connectivity index (χ4n) is 1.07. The molecule has 1 aliphatic heterocycles. The van der Waals surface area contributed by atoms with E-state index in [1.165, 1.54) is 0 Å². The number of hydrogen-bond acceptors (Lipinski definition) is 4. The van der Waals surface area contributed by atoms with Crippen LogP contribution >= 0.6 is 0 Å². The largest absolute Gasteiger partial charge is 0.445 e. The summed E-state index contributed by atoms with van der Waals surface area (Å²) >= 11 is 0. The minimum atomic E-state index is -0.668. The Bertz CT molecular complexity index is 183. The Labute approximate surface area is 70.5 Å². The molecule has 1 saturated heterocycles. The number of ether oxygens (including phenoxy) is 2. The zero-order valence-corrected chi connectivity index (χ0v) is 6.73. The van der Waals surface area contributed by atoms with Gasteiger partial charge in [0.15, 0.2) is 0 Å². The normalized spacial score (nSPS) is 28.4. The summed E-state index contributed by atoms with van der Waals surface area (Å²) in [4.78, 5) is 13.6. The summed E-state index contributed by atoms with van der Waals surface area (Å²) in [5, 5.41) is 0. The van der Waals surface area contributed by atoms with Crippen LogP contribution in [0.2, 0.25) is 0 Å². The van der Waals surface area contributed by atoms with E-state index in [1.807, 2.05) is 0 Å². The molecule has 0 bridgehead atoms. The lowest BCUT2D eigenvalue weighted by Gasteiger charge is -2.09. The van der Waals surface area contributed by atoms with Gasteiger partial charge >= 0.3 is 6.09 Å². The molecule has 1 fully saturated rings. The molecule has 0 aromatic carbocycles. The molecule has 0 saturated carbocycles. The molecule has 0 radical (unpaired) electrons. The smallest absolute Gasteiger partial charge is 0.433 e. The van der Waals surface area contributed by atoms with Crippen LogP contribution in [0, 0.1) is 0 Å². The van der Waals surface area contributed by atoms with E-state index in [0.29, 0.717) is 0 Å². The molecular formula is C7H12N2O3. The lowest BCUT2D eigenvalue weighted by molar-refractivity contribution is 0.00922. The van der Waals surface area contributed by atoms with Gasteiger partial charge in [-0.2, -0.15) is 4.99 Å². The van der Waals surface area contributed by atoms with Crippen molar-refractivity contribution in [2.75, 3.05) is 6.61 Å². The number of aliphatic imine (C=N–C) groups is 1. The van der Waals surface area contributed by atoms with Crippen LogP contribution in [0.4, 0.5) is 4.79 Å². The number of hydrogen-bond donors (Lipinski definition) is 1. The fourth-order valence-corrected chi connectivity index (χ4v) is 1.07. The maximum atomic E-state index is 10.5. The van der Waals surface area contributed by atoms with Gasteiger partial charge in [-0.25, -0.2) is 4.79 Å². The highest BCUT2D eigenvalue weighted by atomic mass is 16.6. The molecule has 1 rings (SSSR count). The van der Waals surface area contributed by atoms with Gasteiger partial charge in [0.2, 0.25) is 0 Å². The molecule has 2 N–H and O–H groups in total. The van der Waals surface area contributed by atoms with Crippen LogP contribution in [0.25, 0.3) is 0 Å². The first-order valence-corrected chi connectivity index (χ1v) is 3.77. The topological polar surface area (TPSA) is 73.9 Å². The number of nitrogens with two attached hydrogens (primary N) is 1. The Morgan fingerprint density at radius 3 is 3.00 bits per heavy atom. The minimum absolute atomic E-state index is 0.0781. The van der Waals surface area contributed by atoms with Gasteiger partial charge < -0.3 is 15.2 Å². The van der Waals surface area contributed by atoms with E-state index in [4.69, 9.17) is 10.5 Å². The summed E-state index contributed by atoms with van der Waals surface area (Å²) in [5.41, 5.74) is 5.47. The molecule has 0 aromatic heterocycles. The Kier molecular flexibility index (Phi) is 3.19. The highest BCUT2D eigenvalue weighted by Gasteiger charge is 2.23. The molecule has 68 valence electrons. The predicted octanol–water partition coefficient (Wildman–Crippen LogP) is 0.287. The maximum Gasteiger partial charge on any atom is 0.433 e. The number of carbonyl (C=O) groups excluding carboxylic acids is 1. The lowest BCUT2D eigenvalue weighted by atomic mass is 10.2. The standard InChI is InChI=1S/C7H12N2O3/c1-9-7(10)11-4-5-2-3-6(8)12-5/h5-6H,1-4,8H2. The third-order valence-electron chi connectivity index (χ3n) is 1.66. The van der Waals surface area contributed by atoms with Crippen molar-refractivity contribution in [1.82, 2.24) is 0 Å². The van der Waals surface area contributed by atoms with E-state index < -0.39 is 6.09 Å². The Morgan fingerprint density at radius 1 is 1.75 bits per heavy atom. The Morgan fingerprint density at radius 2 is 2.50 bits per heavy atom. The van der Waals surface area contributed by atoms with Crippen molar-refractivity contribution in [2.24, 2.45) is 10.7 Å². The van der Waals surface area contributed by atoms with Crippen LogP contribution in [-0.4, -0.2) is 31.7 Å². The zero-order valence-electron chi connectivity index (χ0n) is 6.73. The molecule has 1 heterocycles. The first-order valence-electron chi connectivity index (χ1n) is 3.77. The molecule has 5 heteroatoms. The lowest BCUT2D eigenvalue weighted by Crippen LogP contribution is -2.23. The summed E-state index contributed by atoms with van der Waals surface area (Å²) < 4.78 is 9.87. The third-order valence-corrected chi connectivity index (χ3v) is 1.66. The van der Waals surface area contributed by atoms with Crippen LogP contribution in [0.3, 0.4) is 0 Å². The zero-order chi connectivity index (χ0) is 8.97. The van der Waals surface area contributed by atoms with Gasteiger partial charge in [0.05, 0.1) is 6.10 Å². The minimum Gasteiger partial charge on any atom is -0.445 e. The van der Waals surface area contributed by atoms with Crippen LogP contribution in [0.5, 0.6) is 0 Å². The molecule has 2 atom stereocenters. The molecule has 0 spiro atoms. The summed E-state index contributed by atoms with van der Waals surface area (Å²) in [6, 6.07) is 0. The molecule has 2 unspecified atom stereocenters. The maximum absolute atomic E-state index is 10.5. The third kappa shape index (κ3) is 2.60. The van der Waals surface area contributed by atoms with E-state index in [2.05, 4.69) is 16.4 Å². The van der Waals surface area contributed by atoms with Gasteiger partial charge in [0.1, 0.15) is 12.8 Å². The highest BCUT2D eigenvalue weighted by Crippen LogP contribution is 2.16. The van der Waals surface area contributed by atoms with E-state index in [9.17, 15) is 4.79 Å². The van der Waals surface area contributed by atoms with E-state index in [0.717, 1.165) is 12.8 Å². The van der Waals surface area contributed by atoms with Crippen LogP contribution in [-0.2, 0) is 9.47 Å². The summed E-state index contributed by atoms with van der Waals surface area (Å²) in [7, 11) is 0. The second-order valence-corrected chi connectivity index (χ2v) is 2.61. The fraction of sp³-hybridized carbons (Fsp3) is 0.714. The monoisotopic (exact) mass is 172 g/mol. The Balaban J connectivity index is 2.15. The molecule has 5 nitrogen and oxygen atoms in total. The highest BCUT2D eigenvalue weighted by molar-refractivity contribution is 5.72. The van der Waals surface area contributed by atoms with Crippen molar-refractivity contribution in [2.45, 2.75) is 25.2 Å². The number of rotatable bonds is 2. The summed E-state index contributed by atoms with van der Waals surface area (Å²) in [6.07, 6.45) is 0.671. The summed E-state index contributed by atoms with van der Waals surface area (Å²) in [5.74, 6) is 0.